The zero-order valence-electron chi connectivity index (χ0n) is 15.4. The van der Waals surface area contributed by atoms with Gasteiger partial charge in [-0.2, -0.15) is 0 Å². The SMILES string of the molecule is C=CCN1CCN(C(=O)CCN2CCN(c3cccc(Cl)c3)CC2)CC1. The van der Waals surface area contributed by atoms with Crippen molar-refractivity contribution in [3.05, 3.63) is 41.9 Å². The summed E-state index contributed by atoms with van der Waals surface area (Å²) in [4.78, 5) is 21.6. The van der Waals surface area contributed by atoms with E-state index in [2.05, 4.69) is 27.3 Å². The summed E-state index contributed by atoms with van der Waals surface area (Å²) in [6.45, 7) is 13.1. The first-order chi connectivity index (χ1) is 12.7. The van der Waals surface area contributed by atoms with Gasteiger partial charge in [-0.15, -0.1) is 6.58 Å². The van der Waals surface area contributed by atoms with Gasteiger partial charge in [0.2, 0.25) is 5.91 Å². The monoisotopic (exact) mass is 376 g/mol. The van der Waals surface area contributed by atoms with Crippen LogP contribution < -0.4 is 4.90 Å². The number of benzene rings is 1. The summed E-state index contributed by atoms with van der Waals surface area (Å²) in [6.07, 6.45) is 2.55. The predicted molar refractivity (Wildman–Crippen MR) is 108 cm³/mol. The summed E-state index contributed by atoms with van der Waals surface area (Å²) in [5, 5.41) is 0.781. The molecule has 0 atom stereocenters. The van der Waals surface area contributed by atoms with Crippen LogP contribution in [-0.4, -0.2) is 86.1 Å². The fraction of sp³-hybridized carbons (Fsp3) is 0.550. The molecule has 0 aliphatic carbocycles. The summed E-state index contributed by atoms with van der Waals surface area (Å²) < 4.78 is 0. The normalized spacial score (nSPS) is 19.6. The second-order valence-corrected chi connectivity index (χ2v) is 7.47. The molecular weight excluding hydrogens is 348 g/mol. The van der Waals surface area contributed by atoms with Crippen LogP contribution in [0.4, 0.5) is 5.69 Å². The number of carbonyl (C=O) groups excluding carboxylic acids is 1. The Morgan fingerprint density at radius 2 is 1.73 bits per heavy atom. The molecule has 2 heterocycles. The zero-order chi connectivity index (χ0) is 18.4. The first kappa shape index (κ1) is 19.2. The quantitative estimate of drug-likeness (QED) is 0.712. The Kier molecular flexibility index (Phi) is 6.94. The number of hydrogen-bond acceptors (Lipinski definition) is 4. The van der Waals surface area contributed by atoms with Crippen LogP contribution in [0, 0.1) is 0 Å². The molecular formula is C20H29ClN4O. The molecule has 2 aliphatic rings. The Hall–Kier alpha value is -1.56. The molecule has 0 bridgehead atoms. The third-order valence-electron chi connectivity index (χ3n) is 5.30. The van der Waals surface area contributed by atoms with Crippen molar-refractivity contribution in [3.8, 4) is 0 Å². The maximum Gasteiger partial charge on any atom is 0.223 e. The summed E-state index contributed by atoms with van der Waals surface area (Å²) in [6, 6.07) is 8.03. The van der Waals surface area contributed by atoms with E-state index in [0.717, 1.165) is 70.5 Å². The predicted octanol–water partition coefficient (Wildman–Crippen LogP) is 2.18. The number of carbonyl (C=O) groups is 1. The number of hydrogen-bond donors (Lipinski definition) is 0. The number of nitrogens with zero attached hydrogens (tertiary/aromatic N) is 4. The highest BCUT2D eigenvalue weighted by Gasteiger charge is 2.22. The van der Waals surface area contributed by atoms with Gasteiger partial charge < -0.3 is 9.80 Å². The lowest BCUT2D eigenvalue weighted by molar-refractivity contribution is -0.133. The van der Waals surface area contributed by atoms with Crippen molar-refractivity contribution >= 4 is 23.2 Å². The van der Waals surface area contributed by atoms with Crippen LogP contribution in [0.25, 0.3) is 0 Å². The van der Waals surface area contributed by atoms with Gasteiger partial charge in [-0.3, -0.25) is 14.6 Å². The molecule has 1 aromatic rings. The first-order valence-corrected chi connectivity index (χ1v) is 9.87. The molecule has 26 heavy (non-hydrogen) atoms. The van der Waals surface area contributed by atoms with E-state index < -0.39 is 0 Å². The molecule has 1 amide bonds. The summed E-state index contributed by atoms with van der Waals surface area (Å²) in [5.74, 6) is 0.292. The van der Waals surface area contributed by atoms with Gasteiger partial charge in [-0.05, 0) is 18.2 Å². The highest BCUT2D eigenvalue weighted by atomic mass is 35.5. The molecule has 142 valence electrons. The van der Waals surface area contributed by atoms with Gasteiger partial charge in [0.15, 0.2) is 0 Å². The molecule has 2 fully saturated rings. The molecule has 5 nitrogen and oxygen atoms in total. The van der Waals surface area contributed by atoms with Crippen molar-refractivity contribution in [2.45, 2.75) is 6.42 Å². The van der Waals surface area contributed by atoms with Crippen LogP contribution in [-0.2, 0) is 4.79 Å². The molecule has 0 N–H and O–H groups in total. The molecule has 1 aromatic carbocycles. The van der Waals surface area contributed by atoms with E-state index in [4.69, 9.17) is 11.6 Å². The molecule has 0 saturated carbocycles. The van der Waals surface area contributed by atoms with E-state index in [0.29, 0.717) is 12.3 Å². The Balaban J connectivity index is 1.37. The minimum atomic E-state index is 0.292. The first-order valence-electron chi connectivity index (χ1n) is 9.49. The average Bonchev–Trinajstić information content (AvgIpc) is 2.67. The zero-order valence-corrected chi connectivity index (χ0v) is 16.2. The Bertz CT molecular complexity index is 608. The summed E-state index contributed by atoms with van der Waals surface area (Å²) in [7, 11) is 0. The molecule has 6 heteroatoms. The van der Waals surface area contributed by atoms with Crippen molar-refractivity contribution in [3.63, 3.8) is 0 Å². The summed E-state index contributed by atoms with van der Waals surface area (Å²) in [5.41, 5.74) is 1.19. The Morgan fingerprint density at radius 1 is 1.04 bits per heavy atom. The Morgan fingerprint density at radius 3 is 2.38 bits per heavy atom. The van der Waals surface area contributed by atoms with Gasteiger partial charge in [0.25, 0.3) is 0 Å². The smallest absolute Gasteiger partial charge is 0.223 e. The van der Waals surface area contributed by atoms with E-state index in [-0.39, 0.29) is 0 Å². The Labute approximate surface area is 161 Å². The van der Waals surface area contributed by atoms with Crippen LogP contribution in [0.3, 0.4) is 0 Å². The topological polar surface area (TPSA) is 30.0 Å². The van der Waals surface area contributed by atoms with Gasteiger partial charge >= 0.3 is 0 Å². The van der Waals surface area contributed by atoms with Gasteiger partial charge in [0, 0.05) is 82.6 Å². The van der Waals surface area contributed by atoms with E-state index in [1.807, 2.05) is 29.2 Å². The minimum Gasteiger partial charge on any atom is -0.369 e. The molecule has 0 aromatic heterocycles. The van der Waals surface area contributed by atoms with Crippen molar-refractivity contribution in [1.29, 1.82) is 0 Å². The maximum absolute atomic E-state index is 12.5. The lowest BCUT2D eigenvalue weighted by atomic mass is 10.2. The lowest BCUT2D eigenvalue weighted by Gasteiger charge is -2.37. The van der Waals surface area contributed by atoms with Gasteiger partial charge in [0.1, 0.15) is 0 Å². The fourth-order valence-electron chi connectivity index (χ4n) is 3.68. The van der Waals surface area contributed by atoms with Crippen LogP contribution in [0.15, 0.2) is 36.9 Å². The number of halogens is 1. The van der Waals surface area contributed by atoms with Crippen LogP contribution in [0.2, 0.25) is 5.02 Å². The number of piperazine rings is 2. The second kappa shape index (κ2) is 9.40. The van der Waals surface area contributed by atoms with Gasteiger partial charge in [0.05, 0.1) is 0 Å². The molecule has 3 rings (SSSR count). The fourth-order valence-corrected chi connectivity index (χ4v) is 3.86. The lowest BCUT2D eigenvalue weighted by Crippen LogP contribution is -2.50. The average molecular weight is 377 g/mol. The van der Waals surface area contributed by atoms with Crippen molar-refractivity contribution in [2.75, 3.05) is 70.3 Å². The third-order valence-corrected chi connectivity index (χ3v) is 5.53. The van der Waals surface area contributed by atoms with Crippen LogP contribution in [0.5, 0.6) is 0 Å². The molecule has 0 spiro atoms. The van der Waals surface area contributed by atoms with Crippen LogP contribution in [0.1, 0.15) is 6.42 Å². The van der Waals surface area contributed by atoms with E-state index in [1.54, 1.807) is 0 Å². The second-order valence-electron chi connectivity index (χ2n) is 7.03. The maximum atomic E-state index is 12.5. The van der Waals surface area contributed by atoms with Crippen LogP contribution >= 0.6 is 11.6 Å². The highest BCUT2D eigenvalue weighted by Crippen LogP contribution is 2.20. The third kappa shape index (κ3) is 5.22. The van der Waals surface area contributed by atoms with Crippen molar-refractivity contribution < 1.29 is 4.79 Å². The molecule has 2 aliphatic heterocycles. The van der Waals surface area contributed by atoms with Gasteiger partial charge in [-0.1, -0.05) is 23.7 Å². The number of amides is 1. The highest BCUT2D eigenvalue weighted by molar-refractivity contribution is 6.30. The number of anilines is 1. The standard InChI is InChI=1S/C20H29ClN4O/c1-2-7-22-11-15-25(16-12-22)20(26)6-8-23-9-13-24(14-10-23)19-5-3-4-18(21)17-19/h2-5,17H,1,6-16H2. The van der Waals surface area contributed by atoms with Gasteiger partial charge in [-0.25, -0.2) is 0 Å². The molecule has 2 saturated heterocycles. The van der Waals surface area contributed by atoms with E-state index in [1.165, 1.54) is 5.69 Å². The largest absolute Gasteiger partial charge is 0.369 e. The molecule has 0 unspecified atom stereocenters. The minimum absolute atomic E-state index is 0.292. The van der Waals surface area contributed by atoms with Crippen molar-refractivity contribution in [2.24, 2.45) is 0 Å². The van der Waals surface area contributed by atoms with E-state index >= 15 is 0 Å². The summed E-state index contributed by atoms with van der Waals surface area (Å²) >= 11 is 6.09. The molecule has 0 radical (unpaired) electrons. The van der Waals surface area contributed by atoms with E-state index in [9.17, 15) is 4.79 Å². The number of rotatable bonds is 6. The van der Waals surface area contributed by atoms with Crippen molar-refractivity contribution in [1.82, 2.24) is 14.7 Å².